The van der Waals surface area contributed by atoms with Gasteiger partial charge >= 0.3 is 5.97 Å². The summed E-state index contributed by atoms with van der Waals surface area (Å²) >= 11 is 4.92. The van der Waals surface area contributed by atoms with Gasteiger partial charge in [0.15, 0.2) is 0 Å². The molecule has 1 atom stereocenters. The Morgan fingerprint density at radius 2 is 2.11 bits per heavy atom. The quantitative estimate of drug-likeness (QED) is 0.683. The van der Waals surface area contributed by atoms with E-state index in [9.17, 15) is 4.79 Å². The molecule has 6 heteroatoms. The van der Waals surface area contributed by atoms with E-state index in [4.69, 9.17) is 22.7 Å². The maximum absolute atomic E-state index is 12.0. The minimum Gasteiger partial charge on any atom is -0.464 e. The number of rotatable bonds is 4. The molecule has 0 aliphatic heterocycles. The molecule has 106 valence electrons. The molecule has 4 nitrogen and oxygen atoms in total. The number of carbonyl (C=O) groups excluding carboxylic acids is 1. The Hall–Kier alpha value is -1.20. The number of hydrogen-bond acceptors (Lipinski definition) is 4. The molecule has 0 aromatic carbocycles. The van der Waals surface area contributed by atoms with Crippen LogP contribution >= 0.6 is 24.6 Å². The SMILES string of the molecule is CC(C)(C)COC(=O)C(C(N)=S)c1ccccn1.Cl. The second-order valence-corrected chi connectivity index (χ2v) is 5.73. The standard InChI is InChI=1S/C13H18N2O2S.ClH/c1-13(2,3)8-17-12(16)10(11(14)18)9-6-4-5-7-15-9;/h4-7,10H,8H2,1-3H3,(H2,14,18);1H. The average molecular weight is 303 g/mol. The first-order valence-corrected chi connectivity index (χ1v) is 6.09. The molecule has 2 N–H and O–H groups in total. The van der Waals surface area contributed by atoms with Gasteiger partial charge in [0.2, 0.25) is 0 Å². The summed E-state index contributed by atoms with van der Waals surface area (Å²) in [5, 5.41) is 0. The molecule has 0 saturated heterocycles. The average Bonchev–Trinajstić information content (AvgIpc) is 2.26. The van der Waals surface area contributed by atoms with Crippen molar-refractivity contribution in [3.8, 4) is 0 Å². The summed E-state index contributed by atoms with van der Waals surface area (Å²) in [6.45, 7) is 6.27. The van der Waals surface area contributed by atoms with Gasteiger partial charge in [0.05, 0.1) is 17.3 Å². The van der Waals surface area contributed by atoms with Gasteiger partial charge in [-0.05, 0) is 17.5 Å². The van der Waals surface area contributed by atoms with Crippen molar-refractivity contribution in [2.24, 2.45) is 11.1 Å². The van der Waals surface area contributed by atoms with E-state index in [0.717, 1.165) is 0 Å². The van der Waals surface area contributed by atoms with Crippen molar-refractivity contribution in [2.45, 2.75) is 26.7 Å². The molecule has 0 saturated carbocycles. The maximum atomic E-state index is 12.0. The van der Waals surface area contributed by atoms with Crippen molar-refractivity contribution in [1.82, 2.24) is 4.98 Å². The van der Waals surface area contributed by atoms with E-state index in [-0.39, 0.29) is 22.8 Å². The van der Waals surface area contributed by atoms with Crippen LogP contribution < -0.4 is 5.73 Å². The highest BCUT2D eigenvalue weighted by Gasteiger charge is 2.27. The van der Waals surface area contributed by atoms with Crippen LogP contribution in [0.25, 0.3) is 0 Å². The summed E-state index contributed by atoms with van der Waals surface area (Å²) in [7, 11) is 0. The third kappa shape index (κ3) is 5.98. The molecule has 1 unspecified atom stereocenters. The lowest BCUT2D eigenvalue weighted by atomic mass is 9.98. The summed E-state index contributed by atoms with van der Waals surface area (Å²) in [5.74, 6) is -1.22. The lowest BCUT2D eigenvalue weighted by Crippen LogP contribution is -2.31. The van der Waals surface area contributed by atoms with Gasteiger partial charge in [0.25, 0.3) is 0 Å². The van der Waals surface area contributed by atoms with Gasteiger partial charge in [-0.3, -0.25) is 9.78 Å². The largest absolute Gasteiger partial charge is 0.464 e. The van der Waals surface area contributed by atoms with Crippen molar-refractivity contribution in [3.63, 3.8) is 0 Å². The second-order valence-electron chi connectivity index (χ2n) is 5.26. The van der Waals surface area contributed by atoms with Crippen LogP contribution in [0.3, 0.4) is 0 Å². The first-order valence-electron chi connectivity index (χ1n) is 5.68. The first-order chi connectivity index (χ1) is 8.31. The number of aromatic nitrogens is 1. The number of ether oxygens (including phenoxy) is 1. The van der Waals surface area contributed by atoms with Gasteiger partial charge < -0.3 is 10.5 Å². The Balaban J connectivity index is 0.00000324. The van der Waals surface area contributed by atoms with Crippen molar-refractivity contribution in [2.75, 3.05) is 6.61 Å². The molecule has 1 rings (SSSR count). The summed E-state index contributed by atoms with van der Waals surface area (Å²) < 4.78 is 5.24. The van der Waals surface area contributed by atoms with Crippen LogP contribution in [-0.4, -0.2) is 22.5 Å². The van der Waals surface area contributed by atoms with E-state index in [1.54, 1.807) is 24.4 Å². The Morgan fingerprint density at radius 3 is 2.53 bits per heavy atom. The Kier molecular flexibility index (Phi) is 6.94. The second kappa shape index (κ2) is 7.40. The number of nitrogens with two attached hydrogens (primary N) is 1. The van der Waals surface area contributed by atoms with Crippen LogP contribution in [0.15, 0.2) is 24.4 Å². The van der Waals surface area contributed by atoms with Crippen molar-refractivity contribution >= 4 is 35.6 Å². The van der Waals surface area contributed by atoms with E-state index in [0.29, 0.717) is 12.3 Å². The molecule has 1 aromatic heterocycles. The molecule has 0 spiro atoms. The summed E-state index contributed by atoms with van der Waals surface area (Å²) in [6.07, 6.45) is 1.59. The monoisotopic (exact) mass is 302 g/mol. The zero-order valence-electron chi connectivity index (χ0n) is 11.3. The lowest BCUT2D eigenvalue weighted by Gasteiger charge is -2.20. The summed E-state index contributed by atoms with van der Waals surface area (Å²) in [4.78, 5) is 16.2. The lowest BCUT2D eigenvalue weighted by molar-refractivity contribution is -0.146. The fourth-order valence-electron chi connectivity index (χ4n) is 1.30. The summed E-state index contributed by atoms with van der Waals surface area (Å²) in [5.41, 5.74) is 6.02. The molecule has 19 heavy (non-hydrogen) atoms. The third-order valence-corrected chi connectivity index (χ3v) is 2.39. The fraction of sp³-hybridized carbons (Fsp3) is 0.462. The van der Waals surface area contributed by atoms with E-state index in [2.05, 4.69) is 4.98 Å². The molecule has 0 aliphatic carbocycles. The minimum atomic E-state index is -0.774. The highest BCUT2D eigenvalue weighted by Crippen LogP contribution is 2.19. The number of thiocarbonyl (C=S) groups is 1. The predicted octanol–water partition coefficient (Wildman–Crippen LogP) is 2.46. The first kappa shape index (κ1) is 17.8. The van der Waals surface area contributed by atoms with Gasteiger partial charge in [0.1, 0.15) is 5.92 Å². The molecule has 0 fully saturated rings. The number of esters is 1. The van der Waals surface area contributed by atoms with Crippen molar-refractivity contribution in [1.29, 1.82) is 0 Å². The van der Waals surface area contributed by atoms with E-state index < -0.39 is 11.9 Å². The van der Waals surface area contributed by atoms with E-state index >= 15 is 0 Å². The Bertz CT molecular complexity index is 432. The van der Waals surface area contributed by atoms with E-state index in [1.807, 2.05) is 20.8 Å². The topological polar surface area (TPSA) is 65.2 Å². The van der Waals surface area contributed by atoms with Crippen LogP contribution in [0, 0.1) is 5.41 Å². The number of nitrogens with zero attached hydrogens (tertiary/aromatic N) is 1. The molecule has 0 amide bonds. The molecule has 0 bridgehead atoms. The van der Waals surface area contributed by atoms with Gasteiger partial charge in [-0.25, -0.2) is 0 Å². The predicted molar refractivity (Wildman–Crippen MR) is 81.4 cm³/mol. The molecular weight excluding hydrogens is 284 g/mol. The summed E-state index contributed by atoms with van der Waals surface area (Å²) in [6, 6.07) is 5.26. The van der Waals surface area contributed by atoms with Gasteiger partial charge in [0, 0.05) is 6.20 Å². The molecule has 0 radical (unpaired) electrons. The molecule has 1 aromatic rings. The van der Waals surface area contributed by atoms with Crippen LogP contribution in [0.2, 0.25) is 0 Å². The number of halogens is 1. The van der Waals surface area contributed by atoms with Crippen LogP contribution in [0.4, 0.5) is 0 Å². The Morgan fingerprint density at radius 1 is 1.47 bits per heavy atom. The zero-order chi connectivity index (χ0) is 13.8. The van der Waals surface area contributed by atoms with E-state index in [1.165, 1.54) is 0 Å². The van der Waals surface area contributed by atoms with Gasteiger partial charge in [-0.2, -0.15) is 0 Å². The van der Waals surface area contributed by atoms with Crippen molar-refractivity contribution < 1.29 is 9.53 Å². The zero-order valence-corrected chi connectivity index (χ0v) is 12.9. The fourth-order valence-corrected chi connectivity index (χ4v) is 1.52. The van der Waals surface area contributed by atoms with Crippen molar-refractivity contribution in [3.05, 3.63) is 30.1 Å². The number of pyridine rings is 1. The number of hydrogen-bond donors (Lipinski definition) is 1. The van der Waals surface area contributed by atoms with Crippen LogP contribution in [-0.2, 0) is 9.53 Å². The molecule has 1 heterocycles. The Labute approximate surface area is 125 Å². The molecule has 0 aliphatic rings. The van der Waals surface area contributed by atoms with Crippen LogP contribution in [0.5, 0.6) is 0 Å². The van der Waals surface area contributed by atoms with Crippen LogP contribution in [0.1, 0.15) is 32.4 Å². The normalized spacial score (nSPS) is 12.2. The maximum Gasteiger partial charge on any atom is 0.322 e. The number of carbonyl (C=O) groups is 1. The van der Waals surface area contributed by atoms with Gasteiger partial charge in [-0.1, -0.05) is 39.1 Å². The highest BCUT2D eigenvalue weighted by atomic mass is 35.5. The minimum absolute atomic E-state index is 0. The highest BCUT2D eigenvalue weighted by molar-refractivity contribution is 7.80. The van der Waals surface area contributed by atoms with Gasteiger partial charge in [-0.15, -0.1) is 12.4 Å². The third-order valence-electron chi connectivity index (χ3n) is 2.15. The smallest absolute Gasteiger partial charge is 0.322 e. The molecular formula is C13H19ClN2O2S.